The van der Waals surface area contributed by atoms with E-state index in [-0.39, 0.29) is 44.7 Å². The molecule has 4 rings (SSSR count). The minimum Gasteiger partial charge on any atom is -0.326 e. The van der Waals surface area contributed by atoms with Crippen molar-refractivity contribution in [3.63, 3.8) is 0 Å². The number of anilines is 4. The summed E-state index contributed by atoms with van der Waals surface area (Å²) in [6.07, 6.45) is 4.27. The summed E-state index contributed by atoms with van der Waals surface area (Å²) in [5.74, 6) is -0.528. The van der Waals surface area contributed by atoms with Gasteiger partial charge in [0, 0.05) is 47.4 Å². The van der Waals surface area contributed by atoms with Crippen molar-refractivity contribution in [3.8, 4) is 0 Å². The van der Waals surface area contributed by atoms with Gasteiger partial charge in [-0.15, -0.1) is 22.7 Å². The van der Waals surface area contributed by atoms with Crippen LogP contribution in [-0.2, 0) is 29.6 Å². The van der Waals surface area contributed by atoms with Crippen LogP contribution in [0.1, 0.15) is 25.7 Å². The summed E-state index contributed by atoms with van der Waals surface area (Å²) < 4.78 is 54.3. The molecule has 2 aromatic heterocycles. The highest BCUT2D eigenvalue weighted by Crippen LogP contribution is 2.21. The lowest BCUT2D eigenvalue weighted by Gasteiger charge is -2.09. The monoisotopic (exact) mass is 620 g/mol. The molecule has 0 fully saturated rings. The Balaban J connectivity index is 1.16. The molecule has 2 aromatic carbocycles. The number of amides is 2. The molecule has 0 aliphatic heterocycles. The maximum Gasteiger partial charge on any atom is 0.263 e. The summed E-state index contributed by atoms with van der Waals surface area (Å²) in [6.45, 7) is 0. The number of hydrogen-bond donors (Lipinski definition) is 4. The molecule has 2 amide bonds. The molecule has 0 radical (unpaired) electrons. The number of carbonyl (C=O) groups is 2. The highest BCUT2D eigenvalue weighted by Gasteiger charge is 2.17. The summed E-state index contributed by atoms with van der Waals surface area (Å²) >= 11 is 2.32. The summed E-state index contributed by atoms with van der Waals surface area (Å²) in [7, 11) is -7.56. The van der Waals surface area contributed by atoms with Gasteiger partial charge >= 0.3 is 0 Å². The summed E-state index contributed by atoms with van der Waals surface area (Å²) in [5, 5.41) is 9.23. The number of benzene rings is 2. The number of aromatic nitrogens is 2. The third kappa shape index (κ3) is 8.32. The second-order valence-electron chi connectivity index (χ2n) is 8.24. The molecule has 4 N–H and O–H groups in total. The van der Waals surface area contributed by atoms with Crippen LogP contribution in [0.15, 0.2) is 81.5 Å². The molecule has 0 atom stereocenters. The van der Waals surface area contributed by atoms with Crippen molar-refractivity contribution < 1.29 is 26.4 Å². The Hall–Kier alpha value is -3.86. The van der Waals surface area contributed by atoms with Crippen molar-refractivity contribution in [2.24, 2.45) is 0 Å². The van der Waals surface area contributed by atoms with Crippen molar-refractivity contribution in [1.82, 2.24) is 9.97 Å². The van der Waals surface area contributed by atoms with E-state index in [1.165, 1.54) is 60.9 Å². The second-order valence-corrected chi connectivity index (χ2v) is 13.4. The molecule has 0 bridgehead atoms. The number of carbonyl (C=O) groups excluding carboxylic acids is 2. The van der Waals surface area contributed by atoms with Crippen molar-refractivity contribution >= 4 is 76.2 Å². The molecule has 0 unspecified atom stereocenters. The zero-order valence-corrected chi connectivity index (χ0v) is 24.0. The van der Waals surface area contributed by atoms with Gasteiger partial charge in [0.15, 0.2) is 10.3 Å². The van der Waals surface area contributed by atoms with E-state index in [1.54, 1.807) is 10.8 Å². The lowest BCUT2D eigenvalue weighted by Crippen LogP contribution is -2.15. The van der Waals surface area contributed by atoms with E-state index < -0.39 is 20.0 Å². The molecule has 16 heteroatoms. The number of thiazole rings is 2. The minimum atomic E-state index is -3.78. The average Bonchev–Trinajstić information content (AvgIpc) is 3.61. The predicted octanol–water partition coefficient (Wildman–Crippen LogP) is 4.34. The van der Waals surface area contributed by atoms with Crippen LogP contribution in [-0.4, -0.2) is 38.6 Å². The Morgan fingerprint density at radius 2 is 1.00 bits per heavy atom. The molecular formula is C24H24N6O6S4. The van der Waals surface area contributed by atoms with Crippen LogP contribution in [0, 0.1) is 0 Å². The van der Waals surface area contributed by atoms with Gasteiger partial charge in [0.2, 0.25) is 11.8 Å². The first-order valence-electron chi connectivity index (χ1n) is 11.8. The Bertz CT molecular complexity index is 1510. The Kier molecular flexibility index (Phi) is 9.46. The largest absolute Gasteiger partial charge is 0.326 e. The first-order valence-corrected chi connectivity index (χ1v) is 16.5. The van der Waals surface area contributed by atoms with E-state index in [9.17, 15) is 26.4 Å². The molecule has 0 saturated carbocycles. The third-order valence-corrected chi connectivity index (χ3v) is 9.61. The van der Waals surface area contributed by atoms with Gasteiger partial charge in [0.05, 0.1) is 9.79 Å². The zero-order chi connectivity index (χ0) is 28.6. The highest BCUT2D eigenvalue weighted by molar-refractivity contribution is 7.93. The summed E-state index contributed by atoms with van der Waals surface area (Å²) in [4.78, 5) is 32.4. The van der Waals surface area contributed by atoms with Gasteiger partial charge in [-0.1, -0.05) is 0 Å². The fourth-order valence-electron chi connectivity index (χ4n) is 3.35. The summed E-state index contributed by atoms with van der Waals surface area (Å²) in [5.41, 5.74) is 0.895. The standard InChI is InChI=1S/C24H24N6O6S4/c31-21(27-17-5-9-19(10-6-17)39(33,34)29-23-25-13-15-37-23)3-1-2-4-22(32)28-18-7-11-20(12-8-18)40(35,36)30-24-26-14-16-38-24/h5-16H,1-4H2,(H,25,29)(H,26,30)(H,27,31)(H,28,32). The maximum absolute atomic E-state index is 12.4. The molecule has 12 nitrogen and oxygen atoms in total. The molecule has 0 spiro atoms. The molecule has 0 aliphatic rings. The van der Waals surface area contributed by atoms with Gasteiger partial charge in [-0.25, -0.2) is 26.8 Å². The van der Waals surface area contributed by atoms with Gasteiger partial charge in [-0.05, 0) is 61.4 Å². The van der Waals surface area contributed by atoms with Crippen molar-refractivity contribution in [2.45, 2.75) is 35.5 Å². The smallest absolute Gasteiger partial charge is 0.263 e. The predicted molar refractivity (Wildman–Crippen MR) is 154 cm³/mol. The summed E-state index contributed by atoms with van der Waals surface area (Å²) in [6, 6.07) is 11.5. The van der Waals surface area contributed by atoms with E-state index in [0.717, 1.165) is 22.7 Å². The van der Waals surface area contributed by atoms with Gasteiger partial charge in [-0.2, -0.15) is 0 Å². The topological polar surface area (TPSA) is 176 Å². The molecular weight excluding hydrogens is 597 g/mol. The molecule has 210 valence electrons. The van der Waals surface area contributed by atoms with Crippen LogP contribution in [0.25, 0.3) is 0 Å². The van der Waals surface area contributed by atoms with Gasteiger partial charge in [0.25, 0.3) is 20.0 Å². The lowest BCUT2D eigenvalue weighted by atomic mass is 10.1. The Morgan fingerprint density at radius 3 is 1.32 bits per heavy atom. The molecule has 40 heavy (non-hydrogen) atoms. The van der Waals surface area contributed by atoms with Crippen LogP contribution >= 0.6 is 22.7 Å². The first-order chi connectivity index (χ1) is 19.1. The van der Waals surface area contributed by atoms with Crippen molar-refractivity contribution in [3.05, 3.63) is 71.7 Å². The number of sulfonamides is 2. The van der Waals surface area contributed by atoms with E-state index in [4.69, 9.17) is 0 Å². The van der Waals surface area contributed by atoms with E-state index in [0.29, 0.717) is 24.2 Å². The fourth-order valence-corrected chi connectivity index (χ4v) is 6.93. The first kappa shape index (κ1) is 29.1. The fraction of sp³-hybridized carbons (Fsp3) is 0.167. The second kappa shape index (κ2) is 13.0. The number of hydrogen-bond acceptors (Lipinski definition) is 10. The number of nitrogens with one attached hydrogen (secondary N) is 4. The number of rotatable bonds is 13. The van der Waals surface area contributed by atoms with Gasteiger partial charge in [-0.3, -0.25) is 19.0 Å². The van der Waals surface area contributed by atoms with Crippen LogP contribution in [0.2, 0.25) is 0 Å². The van der Waals surface area contributed by atoms with Crippen LogP contribution in [0.4, 0.5) is 21.6 Å². The van der Waals surface area contributed by atoms with Crippen LogP contribution in [0.3, 0.4) is 0 Å². The molecule has 4 aromatic rings. The number of unbranched alkanes of at least 4 members (excludes halogenated alkanes) is 1. The minimum absolute atomic E-state index is 0.0373. The van der Waals surface area contributed by atoms with E-state index in [1.807, 2.05) is 0 Å². The number of nitrogens with zero attached hydrogens (tertiary/aromatic N) is 2. The van der Waals surface area contributed by atoms with Crippen molar-refractivity contribution in [1.29, 1.82) is 0 Å². The molecule has 2 heterocycles. The lowest BCUT2D eigenvalue weighted by molar-refractivity contribution is -0.118. The zero-order valence-electron chi connectivity index (χ0n) is 20.7. The SMILES string of the molecule is O=C(CCCCC(=O)Nc1ccc(S(=O)(=O)Nc2nccs2)cc1)Nc1ccc(S(=O)(=O)Nc2nccs2)cc1. The van der Waals surface area contributed by atoms with Gasteiger partial charge < -0.3 is 10.6 Å². The average molecular weight is 621 g/mol. The van der Waals surface area contributed by atoms with E-state index in [2.05, 4.69) is 30.0 Å². The van der Waals surface area contributed by atoms with Gasteiger partial charge in [0.1, 0.15) is 0 Å². The van der Waals surface area contributed by atoms with E-state index >= 15 is 0 Å². The van der Waals surface area contributed by atoms with Crippen LogP contribution < -0.4 is 20.1 Å². The quantitative estimate of drug-likeness (QED) is 0.160. The van der Waals surface area contributed by atoms with Crippen molar-refractivity contribution in [2.75, 3.05) is 20.1 Å². The highest BCUT2D eigenvalue weighted by atomic mass is 32.2. The maximum atomic E-state index is 12.4. The third-order valence-electron chi connectivity index (χ3n) is 5.26. The normalized spacial score (nSPS) is 11.5. The van der Waals surface area contributed by atoms with Crippen LogP contribution in [0.5, 0.6) is 0 Å². The molecule has 0 aliphatic carbocycles. The Labute approximate surface area is 239 Å². The Morgan fingerprint density at radius 1 is 0.625 bits per heavy atom. The molecule has 0 saturated heterocycles.